The van der Waals surface area contributed by atoms with Crippen LogP contribution in [-0.4, -0.2) is 17.8 Å². The zero-order valence-corrected chi connectivity index (χ0v) is 8.66. The van der Waals surface area contributed by atoms with Gasteiger partial charge in [-0.1, -0.05) is 18.6 Å². The molecule has 1 aliphatic carbocycles. The van der Waals surface area contributed by atoms with Crippen molar-refractivity contribution in [3.63, 3.8) is 0 Å². The third-order valence-corrected chi connectivity index (χ3v) is 2.83. The average Bonchev–Trinajstić information content (AvgIpc) is 2.03. The standard InChI is InChI=1S/C11H21NO/c1-8-5-9(2)7-10(6-8)11(13)3-4-12/h5,8,10-11,13H,3-4,6-7,12H2,1-2H3. The Morgan fingerprint density at radius 1 is 1.69 bits per heavy atom. The first-order valence-corrected chi connectivity index (χ1v) is 5.19. The summed E-state index contributed by atoms with van der Waals surface area (Å²) in [7, 11) is 0. The van der Waals surface area contributed by atoms with E-state index >= 15 is 0 Å². The van der Waals surface area contributed by atoms with Crippen molar-refractivity contribution in [2.24, 2.45) is 17.6 Å². The Bertz CT molecular complexity index is 189. The highest BCUT2D eigenvalue weighted by Crippen LogP contribution is 2.30. The van der Waals surface area contributed by atoms with Crippen molar-refractivity contribution >= 4 is 0 Å². The van der Waals surface area contributed by atoms with Gasteiger partial charge in [-0.25, -0.2) is 0 Å². The van der Waals surface area contributed by atoms with Gasteiger partial charge in [0.15, 0.2) is 0 Å². The number of aliphatic hydroxyl groups excluding tert-OH is 1. The van der Waals surface area contributed by atoms with Crippen LogP contribution in [0.25, 0.3) is 0 Å². The van der Waals surface area contributed by atoms with Crippen LogP contribution < -0.4 is 5.73 Å². The van der Waals surface area contributed by atoms with Gasteiger partial charge in [0, 0.05) is 0 Å². The third kappa shape index (κ3) is 3.12. The first-order chi connectivity index (χ1) is 6.13. The number of rotatable bonds is 3. The molecule has 0 saturated carbocycles. The number of allylic oxidation sites excluding steroid dienone is 2. The molecule has 0 saturated heterocycles. The molecule has 0 aromatic heterocycles. The molecule has 1 aliphatic rings. The van der Waals surface area contributed by atoms with E-state index in [0.717, 1.165) is 19.3 Å². The summed E-state index contributed by atoms with van der Waals surface area (Å²) in [6.07, 6.45) is 5.01. The second-order valence-corrected chi connectivity index (χ2v) is 4.33. The van der Waals surface area contributed by atoms with E-state index in [-0.39, 0.29) is 6.10 Å². The van der Waals surface area contributed by atoms with Gasteiger partial charge in [-0.15, -0.1) is 0 Å². The Kier molecular flexibility index (Phi) is 3.94. The molecule has 1 rings (SSSR count). The molecule has 76 valence electrons. The summed E-state index contributed by atoms with van der Waals surface area (Å²) in [5.41, 5.74) is 6.85. The van der Waals surface area contributed by atoms with E-state index in [2.05, 4.69) is 19.9 Å². The maximum atomic E-state index is 9.80. The van der Waals surface area contributed by atoms with Gasteiger partial charge in [-0.05, 0) is 44.6 Å². The molecule has 2 heteroatoms. The highest BCUT2D eigenvalue weighted by atomic mass is 16.3. The molecule has 13 heavy (non-hydrogen) atoms. The number of aliphatic hydroxyl groups is 1. The van der Waals surface area contributed by atoms with Crippen molar-refractivity contribution in [2.45, 2.75) is 39.2 Å². The molecule has 2 nitrogen and oxygen atoms in total. The fraction of sp³-hybridized carbons (Fsp3) is 0.818. The third-order valence-electron chi connectivity index (χ3n) is 2.83. The van der Waals surface area contributed by atoms with Gasteiger partial charge in [0.05, 0.1) is 6.10 Å². The van der Waals surface area contributed by atoms with Gasteiger partial charge in [-0.3, -0.25) is 0 Å². The van der Waals surface area contributed by atoms with E-state index in [1.807, 2.05) is 0 Å². The van der Waals surface area contributed by atoms with Crippen LogP contribution in [0.1, 0.15) is 33.1 Å². The Morgan fingerprint density at radius 3 is 2.92 bits per heavy atom. The zero-order valence-electron chi connectivity index (χ0n) is 8.66. The predicted molar refractivity (Wildman–Crippen MR) is 55.3 cm³/mol. The van der Waals surface area contributed by atoms with Crippen molar-refractivity contribution in [1.29, 1.82) is 0 Å². The summed E-state index contributed by atoms with van der Waals surface area (Å²) in [5.74, 6) is 1.05. The second-order valence-electron chi connectivity index (χ2n) is 4.33. The maximum absolute atomic E-state index is 9.80. The van der Waals surface area contributed by atoms with E-state index in [1.54, 1.807) is 0 Å². The highest BCUT2D eigenvalue weighted by molar-refractivity contribution is 5.07. The number of hydrogen-bond acceptors (Lipinski definition) is 2. The van der Waals surface area contributed by atoms with Crippen LogP contribution in [-0.2, 0) is 0 Å². The molecule has 0 aliphatic heterocycles. The second kappa shape index (κ2) is 4.77. The summed E-state index contributed by atoms with van der Waals surface area (Å²) in [4.78, 5) is 0. The van der Waals surface area contributed by atoms with Crippen LogP contribution in [0.5, 0.6) is 0 Å². The lowest BCUT2D eigenvalue weighted by Gasteiger charge is -2.29. The van der Waals surface area contributed by atoms with Crippen LogP contribution in [0.4, 0.5) is 0 Å². The Balaban J connectivity index is 2.49. The summed E-state index contributed by atoms with van der Waals surface area (Å²) in [6.45, 7) is 4.96. The first-order valence-electron chi connectivity index (χ1n) is 5.19. The van der Waals surface area contributed by atoms with Crippen LogP contribution in [0.3, 0.4) is 0 Å². The van der Waals surface area contributed by atoms with Crippen molar-refractivity contribution < 1.29 is 5.11 Å². The van der Waals surface area contributed by atoms with Gasteiger partial charge >= 0.3 is 0 Å². The number of nitrogens with two attached hydrogens (primary N) is 1. The Labute approximate surface area is 80.8 Å². The normalized spacial score (nSPS) is 31.2. The molecule has 0 fully saturated rings. The van der Waals surface area contributed by atoms with Gasteiger partial charge in [0.25, 0.3) is 0 Å². The van der Waals surface area contributed by atoms with Gasteiger partial charge in [-0.2, -0.15) is 0 Å². The molecule has 0 heterocycles. The molecule has 3 unspecified atom stereocenters. The minimum absolute atomic E-state index is 0.198. The molecule has 0 spiro atoms. The SMILES string of the molecule is CC1=CC(C)CC(C(O)CCN)C1. The quantitative estimate of drug-likeness (QED) is 0.654. The fourth-order valence-electron chi connectivity index (χ4n) is 2.30. The van der Waals surface area contributed by atoms with E-state index in [9.17, 15) is 5.11 Å². The van der Waals surface area contributed by atoms with E-state index in [1.165, 1.54) is 5.57 Å². The largest absolute Gasteiger partial charge is 0.393 e. The fourth-order valence-corrected chi connectivity index (χ4v) is 2.30. The van der Waals surface area contributed by atoms with Crippen LogP contribution in [0.15, 0.2) is 11.6 Å². The summed E-state index contributed by atoms with van der Waals surface area (Å²) >= 11 is 0. The van der Waals surface area contributed by atoms with E-state index < -0.39 is 0 Å². The molecule has 0 bridgehead atoms. The van der Waals surface area contributed by atoms with Crippen molar-refractivity contribution in [3.8, 4) is 0 Å². The monoisotopic (exact) mass is 183 g/mol. The topological polar surface area (TPSA) is 46.2 Å². The summed E-state index contributed by atoms with van der Waals surface area (Å²) in [5, 5.41) is 9.80. The molecule has 0 aromatic carbocycles. The van der Waals surface area contributed by atoms with Crippen molar-refractivity contribution in [3.05, 3.63) is 11.6 Å². The molecule has 0 aromatic rings. The van der Waals surface area contributed by atoms with Gasteiger partial charge in [0.2, 0.25) is 0 Å². The molecule has 0 amide bonds. The van der Waals surface area contributed by atoms with Crippen molar-refractivity contribution in [1.82, 2.24) is 0 Å². The maximum Gasteiger partial charge on any atom is 0.0583 e. The molecule has 0 radical (unpaired) electrons. The van der Waals surface area contributed by atoms with E-state index in [0.29, 0.717) is 18.4 Å². The Morgan fingerprint density at radius 2 is 2.38 bits per heavy atom. The summed E-state index contributed by atoms with van der Waals surface area (Å²) in [6, 6.07) is 0. The lowest BCUT2D eigenvalue weighted by atomic mass is 9.80. The predicted octanol–water partition coefficient (Wildman–Crippen LogP) is 1.69. The summed E-state index contributed by atoms with van der Waals surface area (Å²) < 4.78 is 0. The minimum Gasteiger partial charge on any atom is -0.393 e. The van der Waals surface area contributed by atoms with Gasteiger partial charge < -0.3 is 10.8 Å². The van der Waals surface area contributed by atoms with Crippen LogP contribution >= 0.6 is 0 Å². The molecule has 3 atom stereocenters. The van der Waals surface area contributed by atoms with Crippen LogP contribution in [0, 0.1) is 11.8 Å². The molecular formula is C11H21NO. The minimum atomic E-state index is -0.198. The first kappa shape index (κ1) is 10.7. The Hall–Kier alpha value is -0.340. The van der Waals surface area contributed by atoms with E-state index in [4.69, 9.17) is 5.73 Å². The molecule has 3 N–H and O–H groups in total. The van der Waals surface area contributed by atoms with Crippen LogP contribution in [0.2, 0.25) is 0 Å². The smallest absolute Gasteiger partial charge is 0.0583 e. The lowest BCUT2D eigenvalue weighted by Crippen LogP contribution is -2.27. The highest BCUT2D eigenvalue weighted by Gasteiger charge is 2.23. The zero-order chi connectivity index (χ0) is 9.84. The number of hydrogen-bond donors (Lipinski definition) is 2. The van der Waals surface area contributed by atoms with Gasteiger partial charge in [0.1, 0.15) is 0 Å². The molecular weight excluding hydrogens is 162 g/mol. The van der Waals surface area contributed by atoms with Crippen molar-refractivity contribution in [2.75, 3.05) is 6.54 Å². The lowest BCUT2D eigenvalue weighted by molar-refractivity contribution is 0.0872. The average molecular weight is 183 g/mol.